The van der Waals surface area contributed by atoms with Crippen LogP contribution >= 0.6 is 11.8 Å². The summed E-state index contributed by atoms with van der Waals surface area (Å²) in [6, 6.07) is 22.8. The number of thioether (sulfide) groups is 1. The number of carbonyl (C=O) groups excluding carboxylic acids is 2. The van der Waals surface area contributed by atoms with Crippen LogP contribution in [0.2, 0.25) is 0 Å². The van der Waals surface area contributed by atoms with E-state index in [1.165, 1.54) is 27.1 Å². The van der Waals surface area contributed by atoms with Crippen molar-refractivity contribution in [1.82, 2.24) is 4.90 Å². The number of hydrogen-bond donors (Lipinski definition) is 0. The van der Waals surface area contributed by atoms with Crippen LogP contribution in [0.5, 0.6) is 5.75 Å². The summed E-state index contributed by atoms with van der Waals surface area (Å²) in [4.78, 5) is 25.4. The van der Waals surface area contributed by atoms with E-state index in [4.69, 9.17) is 4.74 Å². The van der Waals surface area contributed by atoms with E-state index in [0.717, 1.165) is 44.0 Å². The Morgan fingerprint density at radius 1 is 0.974 bits per heavy atom. The van der Waals surface area contributed by atoms with Gasteiger partial charge >= 0.3 is 0 Å². The van der Waals surface area contributed by atoms with E-state index in [1.54, 1.807) is 18.7 Å². The first kappa shape index (κ1) is 32.1. The second-order valence-electron chi connectivity index (χ2n) is 9.51. The van der Waals surface area contributed by atoms with Crippen molar-refractivity contribution >= 4 is 24.0 Å². The second kappa shape index (κ2) is 17.5. The third-order valence-electron chi connectivity index (χ3n) is 6.39. The molecular weight excluding hydrogens is 506 g/mol. The average Bonchev–Trinajstić information content (AvgIpc) is 3.40. The lowest BCUT2D eigenvalue weighted by molar-refractivity contribution is -0.128. The van der Waals surface area contributed by atoms with Gasteiger partial charge < -0.3 is 9.47 Å². The fourth-order valence-corrected chi connectivity index (χ4v) is 5.04. The maximum absolute atomic E-state index is 12.6. The minimum atomic E-state index is 0.142. The number of carbonyl (C=O) groups is 2. The van der Waals surface area contributed by atoms with E-state index in [9.17, 15) is 9.59 Å². The second-order valence-corrected chi connectivity index (χ2v) is 10.4. The van der Waals surface area contributed by atoms with Crippen molar-refractivity contribution in [2.24, 2.45) is 5.92 Å². The number of likely N-dealkylation sites (tertiary alicyclic amines) is 1. The lowest BCUT2D eigenvalue weighted by Crippen LogP contribution is -2.23. The van der Waals surface area contributed by atoms with E-state index < -0.39 is 0 Å². The number of rotatable bonds is 9. The smallest absolute Gasteiger partial charge is 0.293 e. The normalized spacial score (nSPS) is 14.4. The van der Waals surface area contributed by atoms with Gasteiger partial charge in [0.05, 0.1) is 13.2 Å². The molecule has 4 rings (SSSR count). The predicted molar refractivity (Wildman–Crippen MR) is 162 cm³/mol. The van der Waals surface area contributed by atoms with Crippen molar-refractivity contribution in [2.45, 2.75) is 52.5 Å². The molecule has 0 bridgehead atoms. The first-order valence-corrected chi connectivity index (χ1v) is 14.8. The lowest BCUT2D eigenvalue weighted by Gasteiger charge is -2.15. The Bertz CT molecular complexity index is 1130. The molecule has 1 heterocycles. The Labute approximate surface area is 238 Å². The first-order chi connectivity index (χ1) is 18.8. The van der Waals surface area contributed by atoms with Crippen molar-refractivity contribution < 1.29 is 19.1 Å². The molecule has 1 aliphatic rings. The number of aryl methyl sites for hydroxylation is 3. The first-order valence-electron chi connectivity index (χ1n) is 13.5. The van der Waals surface area contributed by atoms with Crippen LogP contribution in [-0.2, 0) is 16.1 Å². The molecule has 3 aromatic carbocycles. The summed E-state index contributed by atoms with van der Waals surface area (Å²) < 4.78 is 9.68. The fraction of sp³-hybridized carbons (Fsp3) is 0.394. The number of nitrogens with zero attached hydrogens (tertiary/aromatic N) is 1. The monoisotopic (exact) mass is 549 g/mol. The van der Waals surface area contributed by atoms with Gasteiger partial charge in [-0.1, -0.05) is 60.2 Å². The largest absolute Gasteiger partial charge is 0.493 e. The van der Waals surface area contributed by atoms with Crippen LogP contribution in [-0.4, -0.2) is 49.7 Å². The molecule has 0 N–H and O–H groups in total. The van der Waals surface area contributed by atoms with Gasteiger partial charge in [0.15, 0.2) is 5.78 Å². The average molecular weight is 550 g/mol. The minimum Gasteiger partial charge on any atom is -0.493 e. The lowest BCUT2D eigenvalue weighted by atomic mass is 9.97. The standard InChI is InChI=1S/C19H21NOS.C11H16O.C3H6O2/c1-22-18-9-7-16(8-10-18)19(21)17-11-12-20(14-17)13-15-5-3-2-4-6-15;1-5-12-11-9(3)6-8(2)7-10(11)4;1-2-5-3-4/h2-10,17H,11-14H2,1H3;6-7H,5H2,1-4H3;3H,2H2,1H3. The molecule has 1 aliphatic heterocycles. The number of benzene rings is 3. The van der Waals surface area contributed by atoms with Gasteiger partial charge in [0.25, 0.3) is 6.47 Å². The SMILES string of the molecule is CCOC=O.CCOc1c(C)cc(C)cc1C.CSc1ccc(C(=O)C2CCN(Cc3ccccc3)C2)cc1. The Morgan fingerprint density at radius 3 is 2.13 bits per heavy atom. The van der Waals surface area contributed by atoms with E-state index in [0.29, 0.717) is 18.9 Å². The maximum atomic E-state index is 12.6. The molecule has 3 aromatic rings. The van der Waals surface area contributed by atoms with Gasteiger partial charge in [0.2, 0.25) is 0 Å². The van der Waals surface area contributed by atoms with Gasteiger partial charge in [-0.05, 0) is 82.7 Å². The molecule has 1 fully saturated rings. The highest BCUT2D eigenvalue weighted by molar-refractivity contribution is 7.98. The molecule has 210 valence electrons. The summed E-state index contributed by atoms with van der Waals surface area (Å²) >= 11 is 1.70. The van der Waals surface area contributed by atoms with Gasteiger partial charge in [0.1, 0.15) is 5.75 Å². The zero-order valence-corrected chi connectivity index (χ0v) is 25.1. The molecule has 0 saturated carbocycles. The van der Waals surface area contributed by atoms with Crippen LogP contribution in [0.25, 0.3) is 0 Å². The zero-order chi connectivity index (χ0) is 28.6. The zero-order valence-electron chi connectivity index (χ0n) is 24.2. The summed E-state index contributed by atoms with van der Waals surface area (Å²) in [6.45, 7) is 14.5. The molecule has 0 radical (unpaired) electrons. The third kappa shape index (κ3) is 10.9. The molecule has 1 unspecified atom stereocenters. The van der Waals surface area contributed by atoms with Crippen molar-refractivity contribution in [3.8, 4) is 5.75 Å². The van der Waals surface area contributed by atoms with Gasteiger partial charge in [-0.25, -0.2) is 0 Å². The molecule has 39 heavy (non-hydrogen) atoms. The Hall–Kier alpha value is -3.09. The Kier molecular flexibility index (Phi) is 14.4. The third-order valence-corrected chi connectivity index (χ3v) is 7.14. The molecule has 0 aromatic heterocycles. The summed E-state index contributed by atoms with van der Waals surface area (Å²) in [5.74, 6) is 1.48. The Morgan fingerprint density at radius 2 is 1.62 bits per heavy atom. The molecule has 1 atom stereocenters. The van der Waals surface area contributed by atoms with Gasteiger partial charge in [-0.15, -0.1) is 11.8 Å². The summed E-state index contributed by atoms with van der Waals surface area (Å²) in [5.41, 5.74) is 5.93. The van der Waals surface area contributed by atoms with Crippen LogP contribution in [0, 0.1) is 26.7 Å². The van der Waals surface area contributed by atoms with Crippen LogP contribution in [0.1, 0.15) is 52.9 Å². The van der Waals surface area contributed by atoms with E-state index in [2.05, 4.69) is 73.1 Å². The van der Waals surface area contributed by atoms with Crippen molar-refractivity contribution in [3.63, 3.8) is 0 Å². The van der Waals surface area contributed by atoms with Crippen LogP contribution in [0.4, 0.5) is 0 Å². The number of hydrogen-bond acceptors (Lipinski definition) is 6. The molecule has 0 spiro atoms. The number of ether oxygens (including phenoxy) is 2. The van der Waals surface area contributed by atoms with Crippen LogP contribution < -0.4 is 4.74 Å². The summed E-state index contributed by atoms with van der Waals surface area (Å²) in [5, 5.41) is 0. The fourth-order valence-electron chi connectivity index (χ4n) is 4.63. The van der Waals surface area contributed by atoms with E-state index in [-0.39, 0.29) is 5.92 Å². The molecule has 1 saturated heterocycles. The molecular formula is C33H43NO4S. The van der Waals surface area contributed by atoms with Crippen LogP contribution in [0.3, 0.4) is 0 Å². The highest BCUT2D eigenvalue weighted by Gasteiger charge is 2.28. The maximum Gasteiger partial charge on any atom is 0.293 e. The molecule has 6 heteroatoms. The number of Topliss-reactive ketones (excluding diaryl/α,β-unsaturated/α-hetero) is 1. The predicted octanol–water partition coefficient (Wildman–Crippen LogP) is 7.30. The molecule has 5 nitrogen and oxygen atoms in total. The summed E-state index contributed by atoms with van der Waals surface area (Å²) in [7, 11) is 0. The van der Waals surface area contributed by atoms with Crippen molar-refractivity contribution in [3.05, 3.63) is 94.5 Å². The molecule has 0 aliphatic carbocycles. The Balaban J connectivity index is 0.000000263. The molecule has 0 amide bonds. The van der Waals surface area contributed by atoms with E-state index >= 15 is 0 Å². The van der Waals surface area contributed by atoms with Gasteiger partial charge in [-0.3, -0.25) is 14.5 Å². The summed E-state index contributed by atoms with van der Waals surface area (Å²) in [6.07, 6.45) is 3.02. The topological polar surface area (TPSA) is 55.8 Å². The van der Waals surface area contributed by atoms with Gasteiger partial charge in [0, 0.05) is 29.5 Å². The highest BCUT2D eigenvalue weighted by Crippen LogP contribution is 2.25. The minimum absolute atomic E-state index is 0.142. The van der Waals surface area contributed by atoms with Crippen molar-refractivity contribution in [2.75, 3.05) is 32.6 Å². The van der Waals surface area contributed by atoms with Crippen molar-refractivity contribution in [1.29, 1.82) is 0 Å². The van der Waals surface area contributed by atoms with Gasteiger partial charge in [-0.2, -0.15) is 0 Å². The van der Waals surface area contributed by atoms with E-state index in [1.807, 2.05) is 37.3 Å². The quantitative estimate of drug-likeness (QED) is 0.159. The highest BCUT2D eigenvalue weighted by atomic mass is 32.2. The van der Waals surface area contributed by atoms with Crippen LogP contribution in [0.15, 0.2) is 71.6 Å². The number of ketones is 1.